The molecule has 0 radical (unpaired) electrons. The summed E-state index contributed by atoms with van der Waals surface area (Å²) < 4.78 is 0. The molecule has 2 heterocycles. The molecule has 0 N–H and O–H groups in total. The minimum atomic E-state index is -0.101. The van der Waals surface area contributed by atoms with E-state index in [0.29, 0.717) is 24.4 Å². The quantitative estimate of drug-likeness (QED) is 0.715. The molecule has 2 fully saturated rings. The Morgan fingerprint density at radius 3 is 2.28 bits per heavy atom. The van der Waals surface area contributed by atoms with Crippen molar-refractivity contribution in [1.29, 1.82) is 5.26 Å². The van der Waals surface area contributed by atoms with Gasteiger partial charge in [-0.25, -0.2) is 0 Å². The lowest BCUT2D eigenvalue weighted by Crippen LogP contribution is -2.56. The van der Waals surface area contributed by atoms with E-state index >= 15 is 0 Å². The Morgan fingerprint density at radius 2 is 1.66 bits per heavy atom. The van der Waals surface area contributed by atoms with Crippen LogP contribution in [0.4, 0.5) is 0 Å². The minimum absolute atomic E-state index is 0.101. The molecule has 0 aromatic heterocycles. The van der Waals surface area contributed by atoms with Crippen molar-refractivity contribution in [2.75, 3.05) is 45.0 Å². The molecule has 1 unspecified atom stereocenters. The molecule has 0 aliphatic carbocycles. The number of amides is 2. The standard InChI is InChI=1S/C22H30N4O2S/c1-18(22(28)26-9-3-2-4-10-26)24-11-13-25(14-12-24)21(27)17-29-16-20-7-5-19(15-23)6-8-20/h5-8,18H,2-4,9-14,16-17H2,1H3. The van der Waals surface area contributed by atoms with Gasteiger partial charge < -0.3 is 9.80 Å². The Morgan fingerprint density at radius 1 is 1.00 bits per heavy atom. The Hall–Kier alpha value is -2.04. The third kappa shape index (κ3) is 5.97. The van der Waals surface area contributed by atoms with E-state index in [9.17, 15) is 9.59 Å². The van der Waals surface area contributed by atoms with E-state index in [-0.39, 0.29) is 17.9 Å². The molecule has 2 aliphatic heterocycles. The van der Waals surface area contributed by atoms with Gasteiger partial charge >= 0.3 is 0 Å². The Balaban J connectivity index is 1.38. The van der Waals surface area contributed by atoms with Crippen LogP contribution in [0.5, 0.6) is 0 Å². The normalized spacial score (nSPS) is 18.9. The lowest BCUT2D eigenvalue weighted by Gasteiger charge is -2.39. The number of hydrogen-bond donors (Lipinski definition) is 0. The smallest absolute Gasteiger partial charge is 0.239 e. The summed E-state index contributed by atoms with van der Waals surface area (Å²) in [6.45, 7) is 6.67. The first kappa shape index (κ1) is 21.7. The van der Waals surface area contributed by atoms with Crippen LogP contribution >= 0.6 is 11.8 Å². The maximum absolute atomic E-state index is 12.7. The van der Waals surface area contributed by atoms with E-state index in [1.54, 1.807) is 11.8 Å². The molecular weight excluding hydrogens is 384 g/mol. The maximum atomic E-state index is 12.7. The van der Waals surface area contributed by atoms with Crippen molar-refractivity contribution >= 4 is 23.6 Å². The maximum Gasteiger partial charge on any atom is 0.239 e. The molecule has 3 rings (SSSR count). The lowest BCUT2D eigenvalue weighted by molar-refractivity contribution is -0.139. The van der Waals surface area contributed by atoms with Gasteiger partial charge in [0.05, 0.1) is 23.4 Å². The summed E-state index contributed by atoms with van der Waals surface area (Å²) in [4.78, 5) is 31.4. The molecule has 2 aliphatic rings. The van der Waals surface area contributed by atoms with Gasteiger partial charge in [-0.1, -0.05) is 12.1 Å². The monoisotopic (exact) mass is 414 g/mol. The number of hydrogen-bond acceptors (Lipinski definition) is 5. The van der Waals surface area contributed by atoms with E-state index in [2.05, 4.69) is 11.0 Å². The first-order valence-corrected chi connectivity index (χ1v) is 11.6. The van der Waals surface area contributed by atoms with Crippen LogP contribution in [0.25, 0.3) is 0 Å². The van der Waals surface area contributed by atoms with Crippen LogP contribution in [-0.2, 0) is 15.3 Å². The predicted molar refractivity (Wildman–Crippen MR) is 115 cm³/mol. The minimum Gasteiger partial charge on any atom is -0.341 e. The van der Waals surface area contributed by atoms with Crippen molar-refractivity contribution in [3.8, 4) is 6.07 Å². The summed E-state index contributed by atoms with van der Waals surface area (Å²) in [5, 5.41) is 8.84. The molecule has 29 heavy (non-hydrogen) atoms. The molecule has 6 nitrogen and oxygen atoms in total. The Bertz CT molecular complexity index is 732. The summed E-state index contributed by atoms with van der Waals surface area (Å²) in [5.74, 6) is 1.63. The second-order valence-corrected chi connectivity index (χ2v) is 8.77. The molecule has 1 aromatic rings. The average molecular weight is 415 g/mol. The summed E-state index contributed by atoms with van der Waals surface area (Å²) in [5.41, 5.74) is 1.78. The van der Waals surface area contributed by atoms with Crippen LogP contribution in [0.3, 0.4) is 0 Å². The number of benzene rings is 1. The number of piperazine rings is 1. The molecule has 1 aromatic carbocycles. The fraction of sp³-hybridized carbons (Fsp3) is 0.591. The molecule has 0 saturated carbocycles. The highest BCUT2D eigenvalue weighted by Crippen LogP contribution is 2.16. The number of carbonyl (C=O) groups is 2. The van der Waals surface area contributed by atoms with Crippen molar-refractivity contribution in [1.82, 2.24) is 14.7 Å². The lowest BCUT2D eigenvalue weighted by atomic mass is 10.1. The van der Waals surface area contributed by atoms with Crippen molar-refractivity contribution in [2.45, 2.75) is 38.0 Å². The van der Waals surface area contributed by atoms with Gasteiger partial charge in [-0.15, -0.1) is 11.8 Å². The zero-order chi connectivity index (χ0) is 20.6. The highest BCUT2D eigenvalue weighted by atomic mass is 32.2. The van der Waals surface area contributed by atoms with Crippen LogP contribution in [0.15, 0.2) is 24.3 Å². The van der Waals surface area contributed by atoms with Gasteiger partial charge in [-0.05, 0) is 43.9 Å². The van der Waals surface area contributed by atoms with Crippen LogP contribution in [0, 0.1) is 11.3 Å². The van der Waals surface area contributed by atoms with Gasteiger partial charge in [0.25, 0.3) is 0 Å². The van der Waals surface area contributed by atoms with Crippen molar-refractivity contribution < 1.29 is 9.59 Å². The van der Waals surface area contributed by atoms with Gasteiger partial charge in [-0.2, -0.15) is 5.26 Å². The van der Waals surface area contributed by atoms with Crippen molar-refractivity contribution in [2.24, 2.45) is 0 Å². The second kappa shape index (κ2) is 10.7. The first-order chi connectivity index (χ1) is 14.1. The molecular formula is C22H30N4O2S. The van der Waals surface area contributed by atoms with Gasteiger partial charge in [0, 0.05) is 45.0 Å². The van der Waals surface area contributed by atoms with Crippen LogP contribution < -0.4 is 0 Å². The summed E-state index contributed by atoms with van der Waals surface area (Å²) >= 11 is 1.60. The summed E-state index contributed by atoms with van der Waals surface area (Å²) in [7, 11) is 0. The number of nitriles is 1. The number of likely N-dealkylation sites (tertiary alicyclic amines) is 1. The summed E-state index contributed by atoms with van der Waals surface area (Å²) in [6.07, 6.45) is 3.45. The molecule has 0 spiro atoms. The van der Waals surface area contributed by atoms with E-state index in [1.165, 1.54) is 6.42 Å². The first-order valence-electron chi connectivity index (χ1n) is 10.5. The Kier molecular flexibility index (Phi) is 7.96. The SMILES string of the molecule is CC(C(=O)N1CCCCC1)N1CCN(C(=O)CSCc2ccc(C#N)cc2)CC1. The highest BCUT2D eigenvalue weighted by molar-refractivity contribution is 7.99. The number of carbonyl (C=O) groups excluding carboxylic acids is 2. The number of rotatable bonds is 6. The fourth-order valence-electron chi connectivity index (χ4n) is 3.92. The zero-order valence-electron chi connectivity index (χ0n) is 17.2. The molecule has 2 saturated heterocycles. The van der Waals surface area contributed by atoms with Gasteiger partial charge in [-0.3, -0.25) is 14.5 Å². The third-order valence-corrected chi connectivity index (χ3v) is 6.81. The summed E-state index contributed by atoms with van der Waals surface area (Å²) in [6, 6.07) is 9.51. The van der Waals surface area contributed by atoms with E-state index in [4.69, 9.17) is 5.26 Å². The molecule has 1 atom stereocenters. The number of nitrogens with zero attached hydrogens (tertiary/aromatic N) is 4. The second-order valence-electron chi connectivity index (χ2n) is 7.78. The number of thioether (sulfide) groups is 1. The number of piperidine rings is 1. The van der Waals surface area contributed by atoms with Crippen molar-refractivity contribution in [3.05, 3.63) is 35.4 Å². The van der Waals surface area contributed by atoms with Gasteiger partial charge in [0.1, 0.15) is 0 Å². The van der Waals surface area contributed by atoms with E-state index in [1.807, 2.05) is 41.0 Å². The molecule has 156 valence electrons. The third-order valence-electron chi connectivity index (χ3n) is 5.82. The molecule has 2 amide bonds. The van der Waals surface area contributed by atoms with Crippen LogP contribution in [0.1, 0.15) is 37.3 Å². The van der Waals surface area contributed by atoms with Gasteiger partial charge in [0.2, 0.25) is 11.8 Å². The van der Waals surface area contributed by atoms with Crippen LogP contribution in [0.2, 0.25) is 0 Å². The van der Waals surface area contributed by atoms with Gasteiger partial charge in [0.15, 0.2) is 0 Å². The predicted octanol–water partition coefficient (Wildman–Crippen LogP) is 2.34. The zero-order valence-corrected chi connectivity index (χ0v) is 18.0. The van der Waals surface area contributed by atoms with E-state index in [0.717, 1.165) is 50.3 Å². The topological polar surface area (TPSA) is 67.7 Å². The molecule has 0 bridgehead atoms. The van der Waals surface area contributed by atoms with Crippen LogP contribution in [-0.4, -0.2) is 77.6 Å². The fourth-order valence-corrected chi connectivity index (χ4v) is 4.80. The largest absolute Gasteiger partial charge is 0.341 e. The van der Waals surface area contributed by atoms with Crippen molar-refractivity contribution in [3.63, 3.8) is 0 Å². The average Bonchev–Trinajstić information content (AvgIpc) is 2.79. The highest BCUT2D eigenvalue weighted by Gasteiger charge is 2.30. The van der Waals surface area contributed by atoms with E-state index < -0.39 is 0 Å². The molecule has 7 heteroatoms. The Labute approximate surface area is 177 Å².